The first-order chi connectivity index (χ1) is 17.9. The molecule has 38 heavy (non-hydrogen) atoms. The maximum absolute atomic E-state index is 13.6. The van der Waals surface area contributed by atoms with E-state index in [-0.39, 0.29) is 24.2 Å². The van der Waals surface area contributed by atoms with Crippen LogP contribution in [0.25, 0.3) is 0 Å². The highest BCUT2D eigenvalue weighted by Gasteiger charge is 2.34. The minimum absolute atomic E-state index is 0.0280. The van der Waals surface area contributed by atoms with Gasteiger partial charge < -0.3 is 10.2 Å². The number of anilines is 1. The Balaban J connectivity index is 1.90. The molecule has 2 amide bonds. The molecule has 2 aromatic rings. The second-order valence-electron chi connectivity index (χ2n) is 9.55. The van der Waals surface area contributed by atoms with Gasteiger partial charge in [-0.3, -0.25) is 13.9 Å². The Morgan fingerprint density at radius 1 is 1.05 bits per heavy atom. The van der Waals surface area contributed by atoms with Crippen molar-refractivity contribution >= 4 is 27.5 Å². The van der Waals surface area contributed by atoms with Crippen LogP contribution in [0.5, 0.6) is 0 Å². The smallest absolute Gasteiger partial charge is 0.352 e. The third-order valence-corrected chi connectivity index (χ3v) is 7.85. The predicted molar refractivity (Wildman–Crippen MR) is 140 cm³/mol. The molecule has 0 spiro atoms. The highest BCUT2D eigenvalue weighted by molar-refractivity contribution is 7.92. The molecular weight excluding hydrogens is 519 g/mol. The molecule has 3 rings (SSSR count). The molecule has 7 nitrogen and oxygen atoms in total. The molecule has 1 fully saturated rings. The lowest BCUT2D eigenvalue weighted by molar-refractivity contribution is -0.139. The highest BCUT2D eigenvalue weighted by atomic mass is 32.2. The fourth-order valence-corrected chi connectivity index (χ4v) is 5.56. The van der Waals surface area contributed by atoms with Crippen LogP contribution in [0.2, 0.25) is 0 Å². The van der Waals surface area contributed by atoms with E-state index < -0.39 is 40.3 Å². The van der Waals surface area contributed by atoms with E-state index >= 15 is 0 Å². The molecule has 2 aromatic carbocycles. The zero-order valence-corrected chi connectivity index (χ0v) is 22.4. The summed E-state index contributed by atoms with van der Waals surface area (Å²) in [6, 6.07) is 12.3. The topological polar surface area (TPSA) is 86.8 Å². The van der Waals surface area contributed by atoms with Crippen molar-refractivity contribution in [3.8, 4) is 0 Å². The molecule has 1 saturated carbocycles. The van der Waals surface area contributed by atoms with Crippen LogP contribution in [0.15, 0.2) is 54.6 Å². The molecule has 0 bridgehead atoms. The molecular formula is C27H34F3N3O4S. The molecule has 0 aromatic heterocycles. The Labute approximate surface area is 222 Å². The summed E-state index contributed by atoms with van der Waals surface area (Å²) in [5.74, 6) is -0.983. The Hall–Kier alpha value is -3.08. The van der Waals surface area contributed by atoms with E-state index in [4.69, 9.17) is 0 Å². The van der Waals surface area contributed by atoms with E-state index in [0.717, 1.165) is 49.6 Å². The van der Waals surface area contributed by atoms with Crippen LogP contribution in [0.4, 0.5) is 18.9 Å². The largest absolute Gasteiger partial charge is 0.416 e. The second kappa shape index (κ2) is 12.6. The second-order valence-corrected chi connectivity index (χ2v) is 11.5. The van der Waals surface area contributed by atoms with E-state index in [1.807, 2.05) is 30.3 Å². The standard InChI is InChI=1S/C27H34F3N3O4S/c1-3-24(26(35)31-22-13-7-8-14-22)32(17-16-20-10-5-4-6-11-20)25(34)19-33(38(2,36)37)23-15-9-12-21(18-23)27(28,29)30/h4-6,9-12,15,18,22,24H,3,7-8,13-14,16-17,19H2,1-2H3,(H,31,35)/t24-/m0/s1. The molecule has 1 N–H and O–H groups in total. The molecule has 1 aliphatic carbocycles. The Bertz CT molecular complexity index is 1200. The fraction of sp³-hybridized carbons (Fsp3) is 0.481. The Morgan fingerprint density at radius 3 is 2.29 bits per heavy atom. The third-order valence-electron chi connectivity index (χ3n) is 6.71. The van der Waals surface area contributed by atoms with Gasteiger partial charge >= 0.3 is 6.18 Å². The Morgan fingerprint density at radius 2 is 1.71 bits per heavy atom. The van der Waals surface area contributed by atoms with Crippen molar-refractivity contribution in [2.75, 3.05) is 23.7 Å². The monoisotopic (exact) mass is 553 g/mol. The summed E-state index contributed by atoms with van der Waals surface area (Å²) in [7, 11) is -4.13. The molecule has 0 unspecified atom stereocenters. The average molecular weight is 554 g/mol. The Kier molecular flexibility index (Phi) is 9.81. The predicted octanol–water partition coefficient (Wildman–Crippen LogP) is 4.38. The van der Waals surface area contributed by atoms with E-state index in [0.29, 0.717) is 23.2 Å². The van der Waals surface area contributed by atoms with Crippen molar-refractivity contribution in [2.24, 2.45) is 0 Å². The van der Waals surface area contributed by atoms with Crippen molar-refractivity contribution in [3.63, 3.8) is 0 Å². The number of carbonyl (C=O) groups excluding carboxylic acids is 2. The first-order valence-electron chi connectivity index (χ1n) is 12.7. The molecule has 11 heteroatoms. The van der Waals surface area contributed by atoms with Crippen LogP contribution in [-0.4, -0.2) is 56.6 Å². The molecule has 1 atom stereocenters. The van der Waals surface area contributed by atoms with Gasteiger partial charge in [0, 0.05) is 12.6 Å². The first kappa shape index (κ1) is 29.5. The zero-order chi connectivity index (χ0) is 27.9. The lowest BCUT2D eigenvalue weighted by atomic mass is 10.1. The van der Waals surface area contributed by atoms with Gasteiger partial charge in [0.25, 0.3) is 0 Å². The number of benzene rings is 2. The highest BCUT2D eigenvalue weighted by Crippen LogP contribution is 2.32. The van der Waals surface area contributed by atoms with Crippen LogP contribution < -0.4 is 9.62 Å². The van der Waals surface area contributed by atoms with Crippen LogP contribution in [0.3, 0.4) is 0 Å². The normalized spacial score (nSPS) is 15.2. The molecule has 0 heterocycles. The maximum Gasteiger partial charge on any atom is 0.416 e. The molecule has 0 aliphatic heterocycles. The number of rotatable bonds is 11. The minimum Gasteiger partial charge on any atom is -0.352 e. The van der Waals surface area contributed by atoms with Gasteiger partial charge in [-0.2, -0.15) is 13.2 Å². The summed E-state index contributed by atoms with van der Waals surface area (Å²) < 4.78 is 65.8. The summed E-state index contributed by atoms with van der Waals surface area (Å²) in [5.41, 5.74) is -0.379. The number of nitrogens with one attached hydrogen (secondary N) is 1. The van der Waals surface area contributed by atoms with Crippen LogP contribution in [-0.2, 0) is 32.2 Å². The van der Waals surface area contributed by atoms with Gasteiger partial charge in [-0.05, 0) is 49.4 Å². The summed E-state index contributed by atoms with van der Waals surface area (Å²) in [5, 5.41) is 3.01. The molecule has 0 saturated heterocycles. The van der Waals surface area contributed by atoms with Gasteiger partial charge in [-0.1, -0.05) is 56.2 Å². The number of nitrogens with zero attached hydrogens (tertiary/aromatic N) is 2. The summed E-state index contributed by atoms with van der Waals surface area (Å²) in [6.07, 6.45) is 0.603. The van der Waals surface area contributed by atoms with Crippen molar-refractivity contribution < 1.29 is 31.2 Å². The van der Waals surface area contributed by atoms with Gasteiger partial charge in [-0.25, -0.2) is 8.42 Å². The third kappa shape index (κ3) is 7.96. The van der Waals surface area contributed by atoms with E-state index in [9.17, 15) is 31.2 Å². The minimum atomic E-state index is -4.68. The number of carbonyl (C=O) groups is 2. The van der Waals surface area contributed by atoms with Crippen molar-refractivity contribution in [3.05, 3.63) is 65.7 Å². The van der Waals surface area contributed by atoms with Gasteiger partial charge in [-0.15, -0.1) is 0 Å². The molecule has 0 radical (unpaired) electrons. The van der Waals surface area contributed by atoms with Crippen LogP contribution >= 0.6 is 0 Å². The SMILES string of the molecule is CC[C@@H](C(=O)NC1CCCC1)N(CCc1ccccc1)C(=O)CN(c1cccc(C(F)(F)F)c1)S(C)(=O)=O. The summed E-state index contributed by atoms with van der Waals surface area (Å²) >= 11 is 0. The lowest BCUT2D eigenvalue weighted by Gasteiger charge is -2.33. The van der Waals surface area contributed by atoms with Gasteiger partial charge in [0.1, 0.15) is 12.6 Å². The van der Waals surface area contributed by atoms with Crippen molar-refractivity contribution in [2.45, 2.75) is 63.7 Å². The van der Waals surface area contributed by atoms with Crippen molar-refractivity contribution in [1.82, 2.24) is 10.2 Å². The average Bonchev–Trinajstić information content (AvgIpc) is 3.37. The van der Waals surface area contributed by atoms with Gasteiger partial charge in [0.2, 0.25) is 21.8 Å². The number of sulfonamides is 1. The van der Waals surface area contributed by atoms with Gasteiger partial charge in [0.15, 0.2) is 0 Å². The number of alkyl halides is 3. The van der Waals surface area contributed by atoms with Crippen molar-refractivity contribution in [1.29, 1.82) is 0 Å². The number of amides is 2. The van der Waals surface area contributed by atoms with E-state index in [1.165, 1.54) is 11.0 Å². The number of hydrogen-bond acceptors (Lipinski definition) is 4. The summed E-state index contributed by atoms with van der Waals surface area (Å²) in [4.78, 5) is 28.2. The van der Waals surface area contributed by atoms with Gasteiger partial charge in [0.05, 0.1) is 17.5 Å². The van der Waals surface area contributed by atoms with E-state index in [1.54, 1.807) is 6.92 Å². The number of hydrogen-bond donors (Lipinski definition) is 1. The quantitative estimate of drug-likeness (QED) is 0.448. The van der Waals surface area contributed by atoms with E-state index in [2.05, 4.69) is 5.32 Å². The lowest BCUT2D eigenvalue weighted by Crippen LogP contribution is -2.54. The molecule has 1 aliphatic rings. The maximum atomic E-state index is 13.6. The summed E-state index contributed by atoms with van der Waals surface area (Å²) in [6.45, 7) is 1.17. The number of halogens is 3. The fourth-order valence-electron chi connectivity index (χ4n) is 4.71. The first-order valence-corrected chi connectivity index (χ1v) is 14.5. The van der Waals surface area contributed by atoms with Crippen LogP contribution in [0, 0.1) is 0 Å². The van der Waals surface area contributed by atoms with Crippen LogP contribution in [0.1, 0.15) is 50.2 Å². The molecule has 208 valence electrons. The zero-order valence-electron chi connectivity index (χ0n) is 21.6.